The van der Waals surface area contributed by atoms with Crippen molar-refractivity contribution in [3.63, 3.8) is 0 Å². The van der Waals surface area contributed by atoms with E-state index >= 15 is 0 Å². The molecule has 72 valence electrons. The Morgan fingerprint density at radius 2 is 1.75 bits per heavy atom. The molecule has 4 heteroatoms. The minimum atomic E-state index is -1.83. The second-order valence-corrected chi connectivity index (χ2v) is 3.21. The summed E-state index contributed by atoms with van der Waals surface area (Å²) >= 11 is 0. The van der Waals surface area contributed by atoms with Crippen LogP contribution >= 0.6 is 0 Å². The largest absolute Gasteiger partial charge is 0.503 e. The Morgan fingerprint density at radius 3 is 2.00 bits per heavy atom. The Balaban J connectivity index is 0.000000261. The predicted octanol–water partition coefficient (Wildman–Crippen LogP) is 1.75. The molecule has 0 amide bonds. The van der Waals surface area contributed by atoms with E-state index < -0.39 is 6.16 Å². The Morgan fingerprint density at radius 1 is 1.33 bits per heavy atom. The van der Waals surface area contributed by atoms with Gasteiger partial charge in [0, 0.05) is 6.04 Å². The minimum Gasteiger partial charge on any atom is -0.450 e. The predicted molar refractivity (Wildman–Crippen MR) is 46.3 cm³/mol. The fourth-order valence-corrected chi connectivity index (χ4v) is 1.34. The second-order valence-electron chi connectivity index (χ2n) is 3.21. The van der Waals surface area contributed by atoms with Crippen molar-refractivity contribution in [3.8, 4) is 0 Å². The zero-order valence-electron chi connectivity index (χ0n) is 7.36. The van der Waals surface area contributed by atoms with Crippen LogP contribution in [0.1, 0.15) is 32.6 Å². The second kappa shape index (κ2) is 5.83. The van der Waals surface area contributed by atoms with Crippen molar-refractivity contribution in [1.29, 1.82) is 0 Å². The van der Waals surface area contributed by atoms with E-state index in [0.717, 1.165) is 5.92 Å². The summed E-state index contributed by atoms with van der Waals surface area (Å²) in [7, 11) is 0. The van der Waals surface area contributed by atoms with Crippen molar-refractivity contribution in [3.05, 3.63) is 0 Å². The highest BCUT2D eigenvalue weighted by molar-refractivity contribution is 5.53. The summed E-state index contributed by atoms with van der Waals surface area (Å²) in [6.07, 6.45) is 3.52. The lowest BCUT2D eigenvalue weighted by atomic mass is 9.87. The number of nitrogens with two attached hydrogens (primary N) is 1. The fraction of sp³-hybridized carbons (Fsp3) is 0.875. The van der Waals surface area contributed by atoms with Crippen LogP contribution in [0.25, 0.3) is 0 Å². The Bertz CT molecular complexity index is 124. The summed E-state index contributed by atoms with van der Waals surface area (Å²) < 4.78 is 0. The molecule has 0 bridgehead atoms. The number of carbonyl (C=O) groups is 1. The highest BCUT2D eigenvalue weighted by Crippen LogP contribution is 2.21. The van der Waals surface area contributed by atoms with Gasteiger partial charge in [0.25, 0.3) is 0 Å². The van der Waals surface area contributed by atoms with Gasteiger partial charge in [0.15, 0.2) is 0 Å². The Labute approximate surface area is 72.4 Å². The van der Waals surface area contributed by atoms with Crippen molar-refractivity contribution in [2.24, 2.45) is 11.7 Å². The summed E-state index contributed by atoms with van der Waals surface area (Å²) in [4.78, 5) is 8.56. The maximum absolute atomic E-state index is 8.56. The van der Waals surface area contributed by atoms with E-state index in [2.05, 4.69) is 6.92 Å². The summed E-state index contributed by atoms with van der Waals surface area (Å²) in [5, 5.41) is 13.9. The zero-order valence-corrected chi connectivity index (χ0v) is 7.36. The van der Waals surface area contributed by atoms with Gasteiger partial charge in [-0.25, -0.2) is 4.79 Å². The molecule has 0 aromatic rings. The van der Waals surface area contributed by atoms with E-state index in [0.29, 0.717) is 6.04 Å². The van der Waals surface area contributed by atoms with Crippen molar-refractivity contribution in [1.82, 2.24) is 0 Å². The van der Waals surface area contributed by atoms with Crippen molar-refractivity contribution >= 4 is 6.16 Å². The van der Waals surface area contributed by atoms with Crippen LogP contribution in [0, 0.1) is 5.92 Å². The topological polar surface area (TPSA) is 83.6 Å². The average Bonchev–Trinajstić information content (AvgIpc) is 1.94. The smallest absolute Gasteiger partial charge is 0.450 e. The van der Waals surface area contributed by atoms with E-state index in [1.165, 1.54) is 25.7 Å². The van der Waals surface area contributed by atoms with Gasteiger partial charge in [-0.05, 0) is 18.8 Å². The lowest BCUT2D eigenvalue weighted by Crippen LogP contribution is -2.30. The maximum Gasteiger partial charge on any atom is 0.503 e. The molecule has 0 unspecified atom stereocenters. The van der Waals surface area contributed by atoms with Crippen molar-refractivity contribution < 1.29 is 15.0 Å². The highest BCUT2D eigenvalue weighted by atomic mass is 16.6. The molecule has 12 heavy (non-hydrogen) atoms. The molecule has 1 fully saturated rings. The van der Waals surface area contributed by atoms with E-state index in [4.69, 9.17) is 20.7 Å². The van der Waals surface area contributed by atoms with Crippen LogP contribution in [0.15, 0.2) is 0 Å². The first-order valence-electron chi connectivity index (χ1n) is 4.21. The van der Waals surface area contributed by atoms with Crippen molar-refractivity contribution in [2.45, 2.75) is 38.6 Å². The normalized spacial score (nSPS) is 28.5. The molecule has 2 atom stereocenters. The third-order valence-electron chi connectivity index (χ3n) is 2.18. The zero-order chi connectivity index (χ0) is 9.56. The molecule has 1 aliphatic carbocycles. The monoisotopic (exact) mass is 175 g/mol. The number of hydrogen-bond donors (Lipinski definition) is 3. The van der Waals surface area contributed by atoms with Gasteiger partial charge in [-0.1, -0.05) is 19.8 Å². The highest BCUT2D eigenvalue weighted by Gasteiger charge is 2.15. The lowest BCUT2D eigenvalue weighted by Gasteiger charge is -2.24. The van der Waals surface area contributed by atoms with Crippen LogP contribution in [0.4, 0.5) is 4.79 Å². The molecule has 1 rings (SSSR count). The fourth-order valence-electron chi connectivity index (χ4n) is 1.34. The van der Waals surface area contributed by atoms with Gasteiger partial charge in [-0.15, -0.1) is 0 Å². The van der Waals surface area contributed by atoms with Gasteiger partial charge in [-0.2, -0.15) is 0 Å². The van der Waals surface area contributed by atoms with Crippen LogP contribution in [-0.2, 0) is 0 Å². The molecule has 0 aliphatic heterocycles. The van der Waals surface area contributed by atoms with Gasteiger partial charge in [0.05, 0.1) is 0 Å². The molecule has 0 heterocycles. The molecular formula is C8H17NO3. The molecule has 0 saturated heterocycles. The van der Waals surface area contributed by atoms with E-state index in [1.54, 1.807) is 0 Å². The van der Waals surface area contributed by atoms with Crippen LogP contribution in [0.5, 0.6) is 0 Å². The van der Waals surface area contributed by atoms with E-state index in [9.17, 15) is 0 Å². The molecule has 1 aliphatic rings. The lowest BCUT2D eigenvalue weighted by molar-refractivity contribution is 0.137. The van der Waals surface area contributed by atoms with Crippen LogP contribution in [0.2, 0.25) is 0 Å². The third kappa shape index (κ3) is 5.97. The Hall–Kier alpha value is -0.770. The van der Waals surface area contributed by atoms with Gasteiger partial charge >= 0.3 is 6.16 Å². The van der Waals surface area contributed by atoms with E-state index in [1.807, 2.05) is 0 Å². The first-order chi connectivity index (χ1) is 5.54. The van der Waals surface area contributed by atoms with Crippen LogP contribution in [-0.4, -0.2) is 22.4 Å². The number of rotatable bonds is 0. The summed E-state index contributed by atoms with van der Waals surface area (Å²) in [5.74, 6) is 0.781. The molecule has 1 saturated carbocycles. The molecule has 0 aromatic heterocycles. The molecule has 0 radical (unpaired) electrons. The molecule has 4 nitrogen and oxygen atoms in total. The van der Waals surface area contributed by atoms with Gasteiger partial charge < -0.3 is 15.9 Å². The molecule has 0 aromatic carbocycles. The average molecular weight is 175 g/mol. The maximum atomic E-state index is 8.56. The summed E-state index contributed by atoms with van der Waals surface area (Å²) in [6, 6.07) is 0.503. The van der Waals surface area contributed by atoms with Gasteiger partial charge in [-0.3, -0.25) is 0 Å². The first-order valence-corrected chi connectivity index (χ1v) is 4.21. The van der Waals surface area contributed by atoms with Crippen molar-refractivity contribution in [2.75, 3.05) is 0 Å². The molecular weight excluding hydrogens is 158 g/mol. The SMILES string of the molecule is C[C@H]1CCCC[C@H]1N.O=C(O)O. The quantitative estimate of drug-likeness (QED) is 0.523. The Kier molecular flexibility index (Phi) is 5.45. The molecule has 0 spiro atoms. The summed E-state index contributed by atoms with van der Waals surface area (Å²) in [5.41, 5.74) is 5.78. The summed E-state index contributed by atoms with van der Waals surface area (Å²) in [6.45, 7) is 2.25. The van der Waals surface area contributed by atoms with Crippen LogP contribution < -0.4 is 5.73 Å². The third-order valence-corrected chi connectivity index (χ3v) is 2.18. The number of hydrogen-bond acceptors (Lipinski definition) is 2. The standard InChI is InChI=1S/C7H15N.CH2O3/c1-6-4-2-3-5-7(6)8;2-1(3)4/h6-7H,2-5,8H2,1H3;(H2,2,3,4)/t6-,7+;/m0./s1. The van der Waals surface area contributed by atoms with E-state index in [-0.39, 0.29) is 0 Å². The van der Waals surface area contributed by atoms with Crippen LogP contribution in [0.3, 0.4) is 0 Å². The number of carboxylic acid groups (broad SMARTS) is 2. The van der Waals surface area contributed by atoms with Gasteiger partial charge in [0.2, 0.25) is 0 Å². The minimum absolute atomic E-state index is 0.503. The first kappa shape index (κ1) is 11.2. The molecule has 4 N–H and O–H groups in total. The van der Waals surface area contributed by atoms with Gasteiger partial charge in [0.1, 0.15) is 0 Å².